The molecule has 0 aromatic heterocycles. The standard InChI is InChI=1S/C2H6N2OS/c5-6-2-1-3-4-6/h3-4H,1-2H2/t6-/m0/s1. The van der Waals surface area contributed by atoms with Crippen LogP contribution in [0.25, 0.3) is 0 Å². The van der Waals surface area contributed by atoms with E-state index in [0.29, 0.717) is 0 Å². The van der Waals surface area contributed by atoms with E-state index in [-0.39, 0.29) is 0 Å². The Hall–Kier alpha value is 0.0700. The lowest BCUT2D eigenvalue weighted by Crippen LogP contribution is -2.21. The summed E-state index contributed by atoms with van der Waals surface area (Å²) in [5, 5.41) is 0. The Kier molecular flexibility index (Phi) is 1.19. The molecule has 1 saturated heterocycles. The smallest absolute Gasteiger partial charge is 0.107 e. The Labute approximate surface area is 38.7 Å². The molecule has 36 valence electrons. The van der Waals surface area contributed by atoms with Gasteiger partial charge in [-0.2, -0.15) is 4.83 Å². The third kappa shape index (κ3) is 0.767. The fourth-order valence-electron chi connectivity index (χ4n) is 0.326. The molecule has 0 amide bonds. The molecule has 0 aromatic carbocycles. The van der Waals surface area contributed by atoms with Crippen LogP contribution < -0.4 is 10.3 Å². The lowest BCUT2D eigenvalue weighted by atomic mass is 10.8. The molecule has 0 aromatic rings. The SMILES string of the molecule is O=[S@]1CCNN1. The van der Waals surface area contributed by atoms with Gasteiger partial charge in [0.2, 0.25) is 0 Å². The zero-order valence-corrected chi connectivity index (χ0v) is 4.05. The molecule has 0 aliphatic carbocycles. The molecule has 0 unspecified atom stereocenters. The molecular formula is C2H6N2OS. The van der Waals surface area contributed by atoms with Crippen LogP contribution in [0.5, 0.6) is 0 Å². The minimum atomic E-state index is -0.784. The van der Waals surface area contributed by atoms with Gasteiger partial charge in [-0.3, -0.25) is 0 Å². The molecule has 0 bridgehead atoms. The fourth-order valence-corrected chi connectivity index (χ4v) is 0.979. The van der Waals surface area contributed by atoms with Gasteiger partial charge in [0.1, 0.15) is 11.0 Å². The van der Waals surface area contributed by atoms with Crippen LogP contribution in [0.15, 0.2) is 0 Å². The highest BCUT2D eigenvalue weighted by molar-refractivity contribution is 7.83. The Morgan fingerprint density at radius 1 is 1.67 bits per heavy atom. The Bertz CT molecular complexity index is 65.9. The van der Waals surface area contributed by atoms with Crippen LogP contribution in [-0.4, -0.2) is 16.5 Å². The maximum absolute atomic E-state index is 10.2. The molecule has 3 nitrogen and oxygen atoms in total. The van der Waals surface area contributed by atoms with Gasteiger partial charge in [-0.05, 0) is 0 Å². The van der Waals surface area contributed by atoms with Gasteiger partial charge in [0, 0.05) is 6.54 Å². The zero-order chi connectivity index (χ0) is 4.41. The number of rotatable bonds is 0. The molecule has 6 heavy (non-hydrogen) atoms. The molecular weight excluding hydrogens is 100 g/mol. The van der Waals surface area contributed by atoms with E-state index >= 15 is 0 Å². The van der Waals surface area contributed by atoms with Gasteiger partial charge in [0.25, 0.3) is 0 Å². The molecule has 1 atom stereocenters. The van der Waals surface area contributed by atoms with Crippen molar-refractivity contribution < 1.29 is 4.21 Å². The van der Waals surface area contributed by atoms with Gasteiger partial charge in [-0.15, -0.1) is 0 Å². The quantitative estimate of drug-likeness (QED) is 0.405. The van der Waals surface area contributed by atoms with E-state index in [1.165, 1.54) is 0 Å². The van der Waals surface area contributed by atoms with Crippen molar-refractivity contribution in [1.82, 2.24) is 10.3 Å². The van der Waals surface area contributed by atoms with Crippen molar-refractivity contribution in [2.75, 3.05) is 12.3 Å². The Morgan fingerprint density at radius 3 is 2.67 bits per heavy atom. The van der Waals surface area contributed by atoms with Crippen molar-refractivity contribution in [2.45, 2.75) is 0 Å². The van der Waals surface area contributed by atoms with Crippen LogP contribution in [0.4, 0.5) is 0 Å². The summed E-state index contributed by atoms with van der Waals surface area (Å²) >= 11 is 0. The summed E-state index contributed by atoms with van der Waals surface area (Å²) in [5.74, 6) is 0.736. The second-order valence-electron chi connectivity index (χ2n) is 1.08. The highest BCUT2D eigenvalue weighted by Gasteiger charge is 2.02. The zero-order valence-electron chi connectivity index (χ0n) is 3.23. The first-order valence-corrected chi connectivity index (χ1v) is 3.08. The molecule has 1 heterocycles. The van der Waals surface area contributed by atoms with Crippen molar-refractivity contribution >= 4 is 11.0 Å². The number of nitrogens with one attached hydrogen (secondary N) is 2. The van der Waals surface area contributed by atoms with E-state index < -0.39 is 11.0 Å². The molecule has 1 aliphatic heterocycles. The largest absolute Gasteiger partial charge is 0.245 e. The highest BCUT2D eigenvalue weighted by Crippen LogP contribution is 1.76. The van der Waals surface area contributed by atoms with E-state index in [4.69, 9.17) is 0 Å². The van der Waals surface area contributed by atoms with Crippen LogP contribution in [-0.2, 0) is 11.0 Å². The normalized spacial score (nSPS) is 34.3. The maximum atomic E-state index is 10.2. The second kappa shape index (κ2) is 1.68. The third-order valence-corrected chi connectivity index (χ3v) is 1.55. The van der Waals surface area contributed by atoms with Crippen molar-refractivity contribution in [3.63, 3.8) is 0 Å². The lowest BCUT2D eigenvalue weighted by Gasteiger charge is -1.81. The fraction of sp³-hybridized carbons (Fsp3) is 1.00. The number of hydrogen-bond donors (Lipinski definition) is 2. The molecule has 2 N–H and O–H groups in total. The summed E-state index contributed by atoms with van der Waals surface area (Å²) in [5.41, 5.74) is 2.72. The summed E-state index contributed by atoms with van der Waals surface area (Å²) < 4.78 is 10.2. The van der Waals surface area contributed by atoms with Crippen LogP contribution in [0.3, 0.4) is 0 Å². The van der Waals surface area contributed by atoms with Gasteiger partial charge in [-0.1, -0.05) is 0 Å². The summed E-state index contributed by atoms with van der Waals surface area (Å²) in [4.78, 5) is 2.54. The molecule has 0 radical (unpaired) electrons. The average molecular weight is 106 g/mol. The Balaban J connectivity index is 2.37. The maximum Gasteiger partial charge on any atom is 0.107 e. The summed E-state index contributed by atoms with van der Waals surface area (Å²) in [7, 11) is -0.784. The van der Waals surface area contributed by atoms with E-state index in [1.807, 2.05) is 0 Å². The van der Waals surface area contributed by atoms with Crippen LogP contribution >= 0.6 is 0 Å². The van der Waals surface area contributed by atoms with Gasteiger partial charge in [-0.25, -0.2) is 9.63 Å². The van der Waals surface area contributed by atoms with Crippen molar-refractivity contribution in [3.05, 3.63) is 0 Å². The predicted molar refractivity (Wildman–Crippen MR) is 24.1 cm³/mol. The molecule has 1 fully saturated rings. The van der Waals surface area contributed by atoms with E-state index in [1.54, 1.807) is 0 Å². The topological polar surface area (TPSA) is 41.1 Å². The van der Waals surface area contributed by atoms with E-state index in [2.05, 4.69) is 10.3 Å². The van der Waals surface area contributed by atoms with Gasteiger partial charge >= 0.3 is 0 Å². The lowest BCUT2D eigenvalue weighted by molar-refractivity contribution is 0.673. The van der Waals surface area contributed by atoms with Crippen LogP contribution in [0, 0.1) is 0 Å². The number of hydrogen-bond acceptors (Lipinski definition) is 2. The summed E-state index contributed by atoms with van der Waals surface area (Å²) in [6.07, 6.45) is 0. The summed E-state index contributed by atoms with van der Waals surface area (Å²) in [6, 6.07) is 0. The average Bonchev–Trinajstić information content (AvgIpc) is 1.86. The summed E-state index contributed by atoms with van der Waals surface area (Å²) in [6.45, 7) is 0.826. The van der Waals surface area contributed by atoms with Crippen LogP contribution in [0.2, 0.25) is 0 Å². The minimum Gasteiger partial charge on any atom is -0.245 e. The number of hydrazine groups is 1. The van der Waals surface area contributed by atoms with E-state index in [9.17, 15) is 4.21 Å². The van der Waals surface area contributed by atoms with Crippen molar-refractivity contribution in [3.8, 4) is 0 Å². The third-order valence-electron chi connectivity index (χ3n) is 0.598. The first-order valence-electron chi connectivity index (χ1n) is 1.76. The van der Waals surface area contributed by atoms with Crippen molar-refractivity contribution in [2.24, 2.45) is 0 Å². The van der Waals surface area contributed by atoms with Crippen LogP contribution in [0.1, 0.15) is 0 Å². The molecule has 4 heteroatoms. The van der Waals surface area contributed by atoms with E-state index in [0.717, 1.165) is 12.3 Å². The van der Waals surface area contributed by atoms with Gasteiger partial charge in [0.15, 0.2) is 0 Å². The minimum absolute atomic E-state index is 0.736. The Morgan fingerprint density at radius 2 is 2.50 bits per heavy atom. The molecule has 0 saturated carbocycles. The first-order chi connectivity index (χ1) is 2.89. The second-order valence-corrected chi connectivity index (χ2v) is 2.38. The molecule has 1 rings (SSSR count). The molecule has 1 aliphatic rings. The van der Waals surface area contributed by atoms with Crippen molar-refractivity contribution in [1.29, 1.82) is 0 Å². The van der Waals surface area contributed by atoms with Gasteiger partial charge < -0.3 is 0 Å². The first kappa shape index (κ1) is 4.23. The molecule has 0 spiro atoms. The predicted octanol–water partition coefficient (Wildman–Crippen LogP) is -1.24. The van der Waals surface area contributed by atoms with Gasteiger partial charge in [0.05, 0.1) is 5.75 Å². The highest BCUT2D eigenvalue weighted by atomic mass is 32.2. The monoisotopic (exact) mass is 106 g/mol.